The van der Waals surface area contributed by atoms with E-state index in [4.69, 9.17) is 0 Å². The van der Waals surface area contributed by atoms with Crippen LogP contribution in [-0.4, -0.2) is 21.9 Å². The van der Waals surface area contributed by atoms with Crippen LogP contribution in [0.3, 0.4) is 0 Å². The molecule has 1 amide bonds. The van der Waals surface area contributed by atoms with Gasteiger partial charge in [0.1, 0.15) is 11.5 Å². The third-order valence-electron chi connectivity index (χ3n) is 3.29. The number of carbonyl (C=O) groups excluding carboxylic acids is 1. The molecular weight excluding hydrogens is 264 g/mol. The van der Waals surface area contributed by atoms with Crippen LogP contribution in [0.2, 0.25) is 0 Å². The van der Waals surface area contributed by atoms with Crippen molar-refractivity contribution >= 4 is 17.4 Å². The van der Waals surface area contributed by atoms with Gasteiger partial charge >= 0.3 is 0 Å². The van der Waals surface area contributed by atoms with Crippen molar-refractivity contribution in [2.24, 2.45) is 0 Å². The molecule has 1 heterocycles. The predicted octanol–water partition coefficient (Wildman–Crippen LogP) is 2.73. The summed E-state index contributed by atoms with van der Waals surface area (Å²) in [5.41, 5.74) is 3.70. The largest absolute Gasteiger partial charge is 0.348 e. The van der Waals surface area contributed by atoms with Gasteiger partial charge in [-0.1, -0.05) is 6.07 Å². The summed E-state index contributed by atoms with van der Waals surface area (Å²) >= 11 is 0. The number of carbonyl (C=O) groups is 1. The van der Waals surface area contributed by atoms with E-state index in [1.807, 2.05) is 12.1 Å². The van der Waals surface area contributed by atoms with Crippen molar-refractivity contribution in [3.63, 3.8) is 0 Å². The molecule has 0 radical (unpaired) electrons. The van der Waals surface area contributed by atoms with Crippen LogP contribution in [0.4, 0.5) is 11.5 Å². The second kappa shape index (κ2) is 5.52. The van der Waals surface area contributed by atoms with Gasteiger partial charge in [-0.25, -0.2) is 9.97 Å². The van der Waals surface area contributed by atoms with Crippen LogP contribution in [0.25, 0.3) is 0 Å². The molecule has 21 heavy (non-hydrogen) atoms. The zero-order chi connectivity index (χ0) is 14.8. The average molecular weight is 282 g/mol. The Morgan fingerprint density at radius 2 is 1.81 bits per heavy atom. The van der Waals surface area contributed by atoms with Gasteiger partial charge in [-0.2, -0.15) is 0 Å². The molecule has 1 aromatic heterocycles. The fraction of sp³-hybridized carbons (Fsp3) is 0.312. The molecule has 1 aliphatic rings. The van der Waals surface area contributed by atoms with Crippen LogP contribution in [0.5, 0.6) is 0 Å². The van der Waals surface area contributed by atoms with Gasteiger partial charge in [-0.15, -0.1) is 0 Å². The number of benzene rings is 1. The first-order chi connectivity index (χ1) is 10.1. The van der Waals surface area contributed by atoms with Gasteiger partial charge in [0.2, 0.25) is 0 Å². The maximum Gasteiger partial charge on any atom is 0.271 e. The molecule has 2 N–H and O–H groups in total. The molecule has 5 nitrogen and oxygen atoms in total. The third-order valence-corrected chi connectivity index (χ3v) is 3.29. The molecule has 0 atom stereocenters. The molecule has 0 bridgehead atoms. The molecule has 1 aliphatic carbocycles. The number of nitrogens with zero attached hydrogens (tertiary/aromatic N) is 2. The van der Waals surface area contributed by atoms with Crippen molar-refractivity contribution in [1.29, 1.82) is 0 Å². The summed E-state index contributed by atoms with van der Waals surface area (Å²) in [7, 11) is 0. The molecule has 0 unspecified atom stereocenters. The van der Waals surface area contributed by atoms with Crippen molar-refractivity contribution in [3.8, 4) is 0 Å². The Hall–Kier alpha value is -2.43. The highest BCUT2D eigenvalue weighted by Crippen LogP contribution is 2.20. The number of nitrogens with one attached hydrogen (secondary N) is 2. The van der Waals surface area contributed by atoms with E-state index in [9.17, 15) is 4.79 Å². The van der Waals surface area contributed by atoms with E-state index >= 15 is 0 Å². The topological polar surface area (TPSA) is 66.9 Å². The Balaban J connectivity index is 1.69. The lowest BCUT2D eigenvalue weighted by atomic mass is 10.1. The Kier molecular flexibility index (Phi) is 3.56. The zero-order valence-corrected chi connectivity index (χ0v) is 12.2. The van der Waals surface area contributed by atoms with Crippen LogP contribution < -0.4 is 10.6 Å². The number of hydrogen-bond donors (Lipinski definition) is 2. The van der Waals surface area contributed by atoms with Gasteiger partial charge in [-0.3, -0.25) is 4.79 Å². The molecule has 3 rings (SSSR count). The normalized spacial score (nSPS) is 13.8. The van der Waals surface area contributed by atoms with Crippen LogP contribution >= 0.6 is 0 Å². The minimum atomic E-state index is -0.150. The quantitative estimate of drug-likeness (QED) is 0.905. The summed E-state index contributed by atoms with van der Waals surface area (Å²) < 4.78 is 0. The number of rotatable bonds is 4. The Morgan fingerprint density at radius 3 is 2.38 bits per heavy atom. The fourth-order valence-electron chi connectivity index (χ4n) is 2.19. The minimum Gasteiger partial charge on any atom is -0.348 e. The standard InChI is InChI=1S/C16H18N4O/c1-10-5-11(2)7-13(6-10)19-15-9-17-14(8-18-15)16(21)20-12-3-4-12/h5-9,12H,3-4H2,1-2H3,(H,18,19)(H,20,21). The van der Waals surface area contributed by atoms with Crippen LogP contribution in [-0.2, 0) is 0 Å². The molecule has 1 saturated carbocycles. The second-order valence-corrected chi connectivity index (χ2v) is 5.54. The Labute approximate surface area is 123 Å². The average Bonchev–Trinajstić information content (AvgIpc) is 3.22. The molecular formula is C16H18N4O. The Bertz CT molecular complexity index is 642. The highest BCUT2D eigenvalue weighted by molar-refractivity contribution is 5.92. The van der Waals surface area contributed by atoms with E-state index in [2.05, 4.69) is 40.5 Å². The lowest BCUT2D eigenvalue weighted by Crippen LogP contribution is -2.26. The predicted molar refractivity (Wildman–Crippen MR) is 81.7 cm³/mol. The summed E-state index contributed by atoms with van der Waals surface area (Å²) in [6.45, 7) is 4.10. The highest BCUT2D eigenvalue weighted by atomic mass is 16.2. The van der Waals surface area contributed by atoms with Gasteiger partial charge in [0, 0.05) is 11.7 Å². The number of aromatic nitrogens is 2. The molecule has 0 aliphatic heterocycles. The van der Waals surface area contributed by atoms with Crippen molar-refractivity contribution in [1.82, 2.24) is 15.3 Å². The van der Waals surface area contributed by atoms with Crippen LogP contribution in [0.15, 0.2) is 30.6 Å². The number of aryl methyl sites for hydroxylation is 2. The first-order valence-corrected chi connectivity index (χ1v) is 7.08. The van der Waals surface area contributed by atoms with Gasteiger partial charge in [0.25, 0.3) is 5.91 Å². The van der Waals surface area contributed by atoms with Gasteiger partial charge in [-0.05, 0) is 49.9 Å². The van der Waals surface area contributed by atoms with E-state index < -0.39 is 0 Å². The van der Waals surface area contributed by atoms with E-state index in [0.717, 1.165) is 18.5 Å². The van der Waals surface area contributed by atoms with Gasteiger partial charge in [0.15, 0.2) is 0 Å². The monoisotopic (exact) mass is 282 g/mol. The fourth-order valence-corrected chi connectivity index (χ4v) is 2.19. The number of amides is 1. The maximum atomic E-state index is 11.8. The molecule has 2 aromatic rings. The van der Waals surface area contributed by atoms with Gasteiger partial charge < -0.3 is 10.6 Å². The minimum absolute atomic E-state index is 0.150. The van der Waals surface area contributed by atoms with Crippen LogP contribution in [0, 0.1) is 13.8 Å². The van der Waals surface area contributed by atoms with E-state index in [1.165, 1.54) is 17.3 Å². The smallest absolute Gasteiger partial charge is 0.271 e. The lowest BCUT2D eigenvalue weighted by molar-refractivity contribution is 0.0945. The van der Waals surface area contributed by atoms with Crippen molar-refractivity contribution in [2.45, 2.75) is 32.7 Å². The summed E-state index contributed by atoms with van der Waals surface area (Å²) in [4.78, 5) is 20.2. The molecule has 0 spiro atoms. The van der Waals surface area contributed by atoms with Crippen LogP contribution in [0.1, 0.15) is 34.5 Å². The van der Waals surface area contributed by atoms with Crippen molar-refractivity contribution in [2.75, 3.05) is 5.32 Å². The molecule has 1 aromatic carbocycles. The Morgan fingerprint density at radius 1 is 1.10 bits per heavy atom. The summed E-state index contributed by atoms with van der Waals surface area (Å²) in [6.07, 6.45) is 5.21. The first kappa shape index (κ1) is 13.5. The second-order valence-electron chi connectivity index (χ2n) is 5.54. The van der Waals surface area contributed by atoms with E-state index in [-0.39, 0.29) is 5.91 Å². The SMILES string of the molecule is Cc1cc(C)cc(Nc2cnc(C(=O)NC3CC3)cn2)c1. The lowest BCUT2D eigenvalue weighted by Gasteiger charge is -2.08. The summed E-state index contributed by atoms with van der Waals surface area (Å²) in [6, 6.07) is 6.53. The highest BCUT2D eigenvalue weighted by Gasteiger charge is 2.24. The first-order valence-electron chi connectivity index (χ1n) is 7.08. The van der Waals surface area contributed by atoms with Crippen molar-refractivity contribution < 1.29 is 4.79 Å². The zero-order valence-electron chi connectivity index (χ0n) is 12.2. The van der Waals surface area contributed by atoms with Crippen molar-refractivity contribution in [3.05, 3.63) is 47.4 Å². The molecule has 1 fully saturated rings. The van der Waals surface area contributed by atoms with E-state index in [0.29, 0.717) is 17.6 Å². The third kappa shape index (κ3) is 3.56. The number of hydrogen-bond acceptors (Lipinski definition) is 4. The molecule has 0 saturated heterocycles. The number of anilines is 2. The molecule has 5 heteroatoms. The summed E-state index contributed by atoms with van der Waals surface area (Å²) in [5, 5.41) is 6.09. The van der Waals surface area contributed by atoms with E-state index in [1.54, 1.807) is 6.20 Å². The maximum absolute atomic E-state index is 11.8. The molecule has 108 valence electrons. The summed E-state index contributed by atoms with van der Waals surface area (Å²) in [5.74, 6) is 0.478. The van der Waals surface area contributed by atoms with Gasteiger partial charge in [0.05, 0.1) is 12.4 Å².